The molecule has 170 valence electrons. The first-order chi connectivity index (χ1) is 15.2. The molecule has 3 N–H and O–H groups in total. The molecular weight excluding hydrogens is 433 g/mol. The van der Waals surface area contributed by atoms with E-state index in [0.29, 0.717) is 6.07 Å². The van der Waals surface area contributed by atoms with Crippen molar-refractivity contribution in [1.29, 1.82) is 0 Å². The topological polar surface area (TPSA) is 117 Å². The number of carbonyl (C=O) groups excluding carboxylic acids is 1. The van der Waals surface area contributed by atoms with Crippen molar-refractivity contribution < 1.29 is 32.9 Å². The smallest absolute Gasteiger partial charge is 0.257 e. The van der Waals surface area contributed by atoms with Gasteiger partial charge in [-0.2, -0.15) is 13.8 Å². The van der Waals surface area contributed by atoms with Gasteiger partial charge >= 0.3 is 0 Å². The van der Waals surface area contributed by atoms with Crippen molar-refractivity contribution in [2.45, 2.75) is 57.0 Å². The lowest BCUT2D eigenvalue weighted by atomic mass is 10.1. The third kappa shape index (κ3) is 3.26. The molecule has 2 fully saturated rings. The molecular formula is C20H19F3N4O5. The predicted molar refractivity (Wildman–Crippen MR) is 101 cm³/mol. The van der Waals surface area contributed by atoms with Crippen LogP contribution in [-0.4, -0.2) is 48.9 Å². The van der Waals surface area contributed by atoms with Gasteiger partial charge in [-0.1, -0.05) is 0 Å². The minimum Gasteiger partial charge on any atom is -0.503 e. The lowest BCUT2D eigenvalue weighted by molar-refractivity contribution is -0.214. The Morgan fingerprint density at radius 3 is 2.84 bits per heavy atom. The van der Waals surface area contributed by atoms with Gasteiger partial charge in [0.05, 0.1) is 24.8 Å². The Morgan fingerprint density at radius 2 is 2.09 bits per heavy atom. The third-order valence-corrected chi connectivity index (χ3v) is 6.30. The van der Waals surface area contributed by atoms with Crippen LogP contribution >= 0.6 is 0 Å². The molecule has 1 saturated heterocycles. The van der Waals surface area contributed by atoms with Crippen LogP contribution in [0.2, 0.25) is 0 Å². The van der Waals surface area contributed by atoms with Crippen LogP contribution in [0.25, 0.3) is 0 Å². The number of nitrogens with one attached hydrogen (secondary N) is 1. The summed E-state index contributed by atoms with van der Waals surface area (Å²) in [5.41, 5.74) is -2.25. The van der Waals surface area contributed by atoms with Gasteiger partial charge < -0.3 is 24.8 Å². The first-order valence-corrected chi connectivity index (χ1v) is 10.1. The lowest BCUT2D eigenvalue weighted by Crippen LogP contribution is -2.55. The summed E-state index contributed by atoms with van der Waals surface area (Å²) in [4.78, 5) is 29.8. The van der Waals surface area contributed by atoms with E-state index in [1.54, 1.807) is 4.90 Å². The normalized spacial score (nSPS) is 26.5. The number of aliphatic hydroxyl groups excluding tert-OH is 1. The Labute approximate surface area is 179 Å². The number of aromatic hydroxyl groups is 1. The molecule has 1 saturated carbocycles. The summed E-state index contributed by atoms with van der Waals surface area (Å²) in [6.45, 7) is -0.532. The Kier molecular flexibility index (Phi) is 4.95. The van der Waals surface area contributed by atoms with E-state index in [-0.39, 0.29) is 24.4 Å². The Hall–Kier alpha value is -2.96. The number of aromatic nitrogens is 2. The zero-order valence-corrected chi connectivity index (χ0v) is 16.6. The molecule has 0 spiro atoms. The van der Waals surface area contributed by atoms with Crippen molar-refractivity contribution in [3.05, 3.63) is 57.0 Å². The van der Waals surface area contributed by atoms with E-state index in [2.05, 4.69) is 10.3 Å². The zero-order chi connectivity index (χ0) is 22.7. The van der Waals surface area contributed by atoms with Crippen molar-refractivity contribution in [1.82, 2.24) is 19.8 Å². The van der Waals surface area contributed by atoms with Crippen molar-refractivity contribution >= 4 is 5.91 Å². The fourth-order valence-corrected chi connectivity index (χ4v) is 4.80. The van der Waals surface area contributed by atoms with Gasteiger partial charge in [-0.15, -0.1) is 0 Å². The average Bonchev–Trinajstić information content (AvgIpc) is 3.10. The standard InChI is InChI=1S/C20H19F3N4O5/c21-12-4-13(22)25-18(23)10(12)5-24-19(30)11-6-26-7-14-27(8-1-2-9(3-8)32-14)20(31)15(26)17(29)16(11)28/h4,6,8-9,14,20,29,31H,1-3,5,7H2,(H,24,30)/t8-,9+,14+,20?/m0/s1. The molecule has 1 unspecified atom stereocenters. The molecule has 12 heteroatoms. The molecule has 1 aliphatic carbocycles. The van der Waals surface area contributed by atoms with E-state index in [9.17, 15) is 33.0 Å². The summed E-state index contributed by atoms with van der Waals surface area (Å²) >= 11 is 0. The maximum absolute atomic E-state index is 13.8. The van der Waals surface area contributed by atoms with Crippen molar-refractivity contribution in [3.63, 3.8) is 0 Å². The van der Waals surface area contributed by atoms with Crippen molar-refractivity contribution in [2.24, 2.45) is 0 Å². The SMILES string of the molecule is O=C(NCc1c(F)cc(F)nc1F)c1cn2c(c(O)c1=O)C(O)N1[C@H]3CC[C@H](C3)O[C@@H]1C2. The van der Waals surface area contributed by atoms with Crippen molar-refractivity contribution in [2.75, 3.05) is 0 Å². The van der Waals surface area contributed by atoms with Gasteiger partial charge in [-0.05, 0) is 19.3 Å². The van der Waals surface area contributed by atoms with E-state index < -0.39 is 64.9 Å². The maximum Gasteiger partial charge on any atom is 0.257 e. The van der Waals surface area contributed by atoms with Crippen LogP contribution in [0, 0.1) is 17.7 Å². The molecule has 3 aliphatic rings. The maximum atomic E-state index is 13.8. The summed E-state index contributed by atoms with van der Waals surface area (Å²) in [6, 6.07) is 0.434. The van der Waals surface area contributed by atoms with Gasteiger partial charge in [0.2, 0.25) is 17.3 Å². The molecule has 4 heterocycles. The van der Waals surface area contributed by atoms with Crippen LogP contribution in [0.15, 0.2) is 17.1 Å². The Bertz CT molecular complexity index is 1150. The van der Waals surface area contributed by atoms with Gasteiger partial charge in [0.1, 0.15) is 23.3 Å². The summed E-state index contributed by atoms with van der Waals surface area (Å²) in [7, 11) is 0. The number of fused-ring (bicyclic) bond motifs is 5. The molecule has 2 aliphatic heterocycles. The molecule has 32 heavy (non-hydrogen) atoms. The second-order valence-corrected chi connectivity index (χ2v) is 8.14. The number of aliphatic hydroxyl groups is 1. The van der Waals surface area contributed by atoms with E-state index in [0.717, 1.165) is 19.3 Å². The molecule has 0 aromatic carbocycles. The molecule has 2 aromatic heterocycles. The number of pyridine rings is 2. The number of halogens is 3. The van der Waals surface area contributed by atoms with Crippen LogP contribution in [-0.2, 0) is 17.8 Å². The summed E-state index contributed by atoms with van der Waals surface area (Å²) in [6.07, 6.45) is 1.89. The molecule has 9 nitrogen and oxygen atoms in total. The van der Waals surface area contributed by atoms with Crippen LogP contribution in [0.1, 0.15) is 47.1 Å². The highest BCUT2D eigenvalue weighted by Gasteiger charge is 2.48. The third-order valence-electron chi connectivity index (χ3n) is 6.30. The van der Waals surface area contributed by atoms with E-state index in [4.69, 9.17) is 4.74 Å². The molecule has 2 bridgehead atoms. The number of hydrogen-bond acceptors (Lipinski definition) is 7. The Balaban J connectivity index is 1.43. The number of rotatable bonds is 3. The Morgan fingerprint density at radius 1 is 1.31 bits per heavy atom. The zero-order valence-electron chi connectivity index (χ0n) is 16.6. The summed E-state index contributed by atoms with van der Waals surface area (Å²) < 4.78 is 47.8. The predicted octanol–water partition coefficient (Wildman–Crippen LogP) is 0.880. The number of carbonyl (C=O) groups is 1. The van der Waals surface area contributed by atoms with E-state index in [1.165, 1.54) is 10.8 Å². The van der Waals surface area contributed by atoms with E-state index >= 15 is 0 Å². The fourth-order valence-electron chi connectivity index (χ4n) is 4.80. The largest absolute Gasteiger partial charge is 0.503 e. The average molecular weight is 452 g/mol. The molecule has 2 aromatic rings. The number of amides is 1. The highest BCUT2D eigenvalue weighted by Crippen LogP contribution is 2.43. The monoisotopic (exact) mass is 452 g/mol. The van der Waals surface area contributed by atoms with Crippen LogP contribution in [0.5, 0.6) is 5.75 Å². The second-order valence-electron chi connectivity index (χ2n) is 8.14. The second kappa shape index (κ2) is 7.57. The van der Waals surface area contributed by atoms with Gasteiger partial charge in [0, 0.05) is 18.3 Å². The number of ether oxygens (including phenoxy) is 1. The van der Waals surface area contributed by atoms with E-state index in [1.807, 2.05) is 0 Å². The minimum absolute atomic E-state index is 0.0448. The minimum atomic E-state index is -1.43. The number of nitrogens with zero attached hydrogens (tertiary/aromatic N) is 3. The molecule has 0 radical (unpaired) electrons. The quantitative estimate of drug-likeness (QED) is 0.592. The van der Waals surface area contributed by atoms with Gasteiger partial charge in [0.15, 0.2) is 12.0 Å². The molecule has 5 rings (SSSR count). The highest BCUT2D eigenvalue weighted by molar-refractivity contribution is 5.94. The first kappa shape index (κ1) is 20.9. The van der Waals surface area contributed by atoms with Crippen LogP contribution in [0.3, 0.4) is 0 Å². The first-order valence-electron chi connectivity index (χ1n) is 10.1. The van der Waals surface area contributed by atoms with Gasteiger partial charge in [0.25, 0.3) is 5.91 Å². The summed E-state index contributed by atoms with van der Waals surface area (Å²) in [5, 5.41) is 23.5. The van der Waals surface area contributed by atoms with Gasteiger partial charge in [-0.3, -0.25) is 9.59 Å². The highest BCUT2D eigenvalue weighted by atomic mass is 19.1. The molecule has 4 atom stereocenters. The fraction of sp³-hybridized carbons (Fsp3) is 0.450. The lowest BCUT2D eigenvalue weighted by Gasteiger charge is -2.47. The van der Waals surface area contributed by atoms with Crippen molar-refractivity contribution in [3.8, 4) is 5.75 Å². The van der Waals surface area contributed by atoms with Crippen LogP contribution in [0.4, 0.5) is 13.2 Å². The number of hydrogen-bond donors (Lipinski definition) is 3. The molecule has 1 amide bonds. The van der Waals surface area contributed by atoms with Gasteiger partial charge in [-0.25, -0.2) is 9.29 Å². The van der Waals surface area contributed by atoms with Crippen LogP contribution < -0.4 is 10.7 Å². The summed E-state index contributed by atoms with van der Waals surface area (Å²) in [5.74, 6) is -5.82.